The zero-order valence-electron chi connectivity index (χ0n) is 13.0. The first kappa shape index (κ1) is 18.9. The lowest BCUT2D eigenvalue weighted by Gasteiger charge is -2.11. The normalized spacial score (nSPS) is 11.1. The first-order chi connectivity index (χ1) is 10.3. The number of nitrogens with zero attached hydrogens (tertiary/aromatic N) is 4. The quantitative estimate of drug-likeness (QED) is 0.397. The van der Waals surface area contributed by atoms with Crippen LogP contribution in [0.25, 0.3) is 0 Å². The molecule has 2 rings (SSSR count). The molecule has 0 amide bonds. The predicted molar refractivity (Wildman–Crippen MR) is 102 cm³/mol. The van der Waals surface area contributed by atoms with E-state index in [4.69, 9.17) is 0 Å². The van der Waals surface area contributed by atoms with Crippen molar-refractivity contribution < 1.29 is 0 Å². The molecule has 0 fully saturated rings. The Bertz CT molecular complexity index is 551. The summed E-state index contributed by atoms with van der Waals surface area (Å²) >= 11 is 1.79. The molecular weight excluding hydrogens is 411 g/mol. The van der Waals surface area contributed by atoms with Gasteiger partial charge in [-0.3, -0.25) is 9.67 Å². The number of guanidine groups is 1. The van der Waals surface area contributed by atoms with Crippen LogP contribution in [0.15, 0.2) is 29.6 Å². The number of aromatic nitrogens is 3. The lowest BCUT2D eigenvalue weighted by molar-refractivity contribution is 0.597. The van der Waals surface area contributed by atoms with E-state index in [0.29, 0.717) is 0 Å². The zero-order chi connectivity index (χ0) is 14.9. The third-order valence-electron chi connectivity index (χ3n) is 3.00. The second-order valence-corrected chi connectivity index (χ2v) is 5.72. The molecule has 2 aromatic heterocycles. The summed E-state index contributed by atoms with van der Waals surface area (Å²) in [5, 5.41) is 11.9. The van der Waals surface area contributed by atoms with Crippen molar-refractivity contribution in [1.29, 1.82) is 0 Å². The van der Waals surface area contributed by atoms with E-state index in [1.807, 2.05) is 23.1 Å². The highest BCUT2D eigenvalue weighted by Crippen LogP contribution is 2.13. The summed E-state index contributed by atoms with van der Waals surface area (Å²) in [6, 6.07) is 1.92. The Morgan fingerprint density at radius 3 is 2.82 bits per heavy atom. The number of hydrogen-bond acceptors (Lipinski definition) is 4. The Labute approximate surface area is 152 Å². The van der Waals surface area contributed by atoms with Gasteiger partial charge in [0.15, 0.2) is 5.96 Å². The second-order valence-electron chi connectivity index (χ2n) is 4.52. The van der Waals surface area contributed by atoms with Crippen LogP contribution < -0.4 is 10.6 Å². The molecular formula is C14H23IN6S. The molecule has 0 aliphatic rings. The third kappa shape index (κ3) is 6.30. The fourth-order valence-electron chi connectivity index (χ4n) is 1.86. The highest BCUT2D eigenvalue weighted by molar-refractivity contribution is 14.0. The van der Waals surface area contributed by atoms with Crippen LogP contribution in [-0.4, -0.2) is 40.9 Å². The van der Waals surface area contributed by atoms with E-state index in [0.717, 1.165) is 38.4 Å². The van der Waals surface area contributed by atoms with E-state index in [2.05, 4.69) is 32.6 Å². The van der Waals surface area contributed by atoms with Gasteiger partial charge in [-0.15, -0.1) is 35.3 Å². The van der Waals surface area contributed by atoms with E-state index in [9.17, 15) is 0 Å². The van der Waals surface area contributed by atoms with E-state index in [1.54, 1.807) is 24.6 Å². The number of rotatable bonds is 7. The van der Waals surface area contributed by atoms with Gasteiger partial charge in [0, 0.05) is 50.0 Å². The Hall–Kier alpha value is -1.16. The fourth-order valence-corrected chi connectivity index (χ4v) is 2.72. The molecule has 0 radical (unpaired) electrons. The van der Waals surface area contributed by atoms with Gasteiger partial charge in [0.05, 0.1) is 11.6 Å². The zero-order valence-corrected chi connectivity index (χ0v) is 16.1. The topological polar surface area (TPSA) is 67.1 Å². The Kier molecular flexibility index (Phi) is 9.05. The molecule has 0 saturated heterocycles. The maximum atomic E-state index is 4.41. The number of nitrogens with one attached hydrogen (secondary N) is 2. The maximum Gasteiger partial charge on any atom is 0.191 e. The Morgan fingerprint density at radius 2 is 2.18 bits per heavy atom. The van der Waals surface area contributed by atoms with Crippen LogP contribution in [0.3, 0.4) is 0 Å². The first-order valence-electron chi connectivity index (χ1n) is 7.17. The van der Waals surface area contributed by atoms with Crippen LogP contribution in [0.5, 0.6) is 0 Å². The lowest BCUT2D eigenvalue weighted by atomic mass is 10.4. The van der Waals surface area contributed by atoms with Gasteiger partial charge in [0.1, 0.15) is 0 Å². The predicted octanol–water partition coefficient (Wildman–Crippen LogP) is 1.93. The molecule has 2 N–H and O–H groups in total. The molecule has 0 spiro atoms. The summed E-state index contributed by atoms with van der Waals surface area (Å²) in [7, 11) is 1.78. The summed E-state index contributed by atoms with van der Waals surface area (Å²) in [5.41, 5.74) is 0. The summed E-state index contributed by atoms with van der Waals surface area (Å²) in [4.78, 5) is 9.96. The third-order valence-corrected chi connectivity index (χ3v) is 4.20. The Balaban J connectivity index is 0.00000242. The van der Waals surface area contributed by atoms with Crippen molar-refractivity contribution in [3.05, 3.63) is 34.5 Å². The molecule has 22 heavy (non-hydrogen) atoms. The molecule has 8 heteroatoms. The van der Waals surface area contributed by atoms with Crippen molar-refractivity contribution in [3.8, 4) is 0 Å². The van der Waals surface area contributed by atoms with Crippen LogP contribution >= 0.6 is 35.3 Å². The van der Waals surface area contributed by atoms with Gasteiger partial charge in [-0.1, -0.05) is 6.92 Å². The molecule has 0 unspecified atom stereocenters. The van der Waals surface area contributed by atoms with Gasteiger partial charge >= 0.3 is 0 Å². The van der Waals surface area contributed by atoms with E-state index >= 15 is 0 Å². The second kappa shape index (κ2) is 10.5. The van der Waals surface area contributed by atoms with Gasteiger partial charge in [-0.05, 0) is 12.5 Å². The highest BCUT2D eigenvalue weighted by Gasteiger charge is 2.02. The molecule has 0 aromatic carbocycles. The van der Waals surface area contributed by atoms with Crippen LogP contribution in [0.4, 0.5) is 0 Å². The van der Waals surface area contributed by atoms with E-state index in [1.165, 1.54) is 9.88 Å². The molecule has 0 aliphatic carbocycles. The number of thiazole rings is 1. The minimum absolute atomic E-state index is 0. The fraction of sp³-hybridized carbons (Fsp3) is 0.500. The van der Waals surface area contributed by atoms with Crippen LogP contribution in [0, 0.1) is 0 Å². The van der Waals surface area contributed by atoms with E-state index in [-0.39, 0.29) is 24.0 Å². The lowest BCUT2D eigenvalue weighted by Crippen LogP contribution is -2.39. The number of aliphatic imine (C=N–C) groups is 1. The molecule has 122 valence electrons. The molecule has 6 nitrogen and oxygen atoms in total. The van der Waals surface area contributed by atoms with E-state index < -0.39 is 0 Å². The molecule has 2 aromatic rings. The SMILES string of the molecule is CCc1cnc(CCNC(=NC)NCCn2cccn2)s1.I. The van der Waals surface area contributed by atoms with Crippen molar-refractivity contribution >= 4 is 41.3 Å². The monoisotopic (exact) mass is 434 g/mol. The molecule has 0 atom stereocenters. The molecule has 2 heterocycles. The van der Waals surface area contributed by atoms with Crippen LogP contribution in [-0.2, 0) is 19.4 Å². The average molecular weight is 434 g/mol. The van der Waals surface area contributed by atoms with Crippen LogP contribution in [0.2, 0.25) is 0 Å². The van der Waals surface area contributed by atoms with Crippen molar-refractivity contribution in [2.24, 2.45) is 4.99 Å². The summed E-state index contributed by atoms with van der Waals surface area (Å²) in [5.74, 6) is 0.814. The Morgan fingerprint density at radius 1 is 1.36 bits per heavy atom. The van der Waals surface area contributed by atoms with Gasteiger partial charge in [0.25, 0.3) is 0 Å². The molecule has 0 saturated carbocycles. The van der Waals surface area contributed by atoms with Gasteiger partial charge in [0.2, 0.25) is 0 Å². The number of hydrogen-bond donors (Lipinski definition) is 2. The minimum Gasteiger partial charge on any atom is -0.356 e. The molecule has 0 bridgehead atoms. The number of halogens is 1. The number of aryl methyl sites for hydroxylation is 1. The summed E-state index contributed by atoms with van der Waals surface area (Å²) < 4.78 is 1.89. The van der Waals surface area contributed by atoms with Crippen LogP contribution in [0.1, 0.15) is 16.8 Å². The van der Waals surface area contributed by atoms with Crippen molar-refractivity contribution in [1.82, 2.24) is 25.4 Å². The molecule has 0 aliphatic heterocycles. The van der Waals surface area contributed by atoms with Crippen molar-refractivity contribution in [2.45, 2.75) is 26.3 Å². The average Bonchev–Trinajstić information content (AvgIpc) is 3.17. The summed E-state index contributed by atoms with van der Waals surface area (Å²) in [6.45, 7) is 4.59. The van der Waals surface area contributed by atoms with Crippen molar-refractivity contribution in [2.75, 3.05) is 20.1 Å². The van der Waals surface area contributed by atoms with Gasteiger partial charge < -0.3 is 10.6 Å². The minimum atomic E-state index is 0. The van der Waals surface area contributed by atoms with Crippen molar-refractivity contribution in [3.63, 3.8) is 0 Å². The highest BCUT2D eigenvalue weighted by atomic mass is 127. The standard InChI is InChI=1S/C14H22N6S.HI/c1-3-12-11-18-13(21-12)5-7-16-14(15-2)17-8-10-20-9-4-6-19-20;/h4,6,9,11H,3,5,7-8,10H2,1-2H3,(H2,15,16,17);1H. The smallest absolute Gasteiger partial charge is 0.191 e. The summed E-state index contributed by atoms with van der Waals surface area (Å²) in [6.07, 6.45) is 7.68. The van der Waals surface area contributed by atoms with Gasteiger partial charge in [-0.25, -0.2) is 4.98 Å². The van der Waals surface area contributed by atoms with Gasteiger partial charge in [-0.2, -0.15) is 5.10 Å². The maximum absolute atomic E-state index is 4.41. The largest absolute Gasteiger partial charge is 0.356 e. The first-order valence-corrected chi connectivity index (χ1v) is 7.99.